The van der Waals surface area contributed by atoms with E-state index >= 15 is 0 Å². The summed E-state index contributed by atoms with van der Waals surface area (Å²) < 4.78 is 49.0. The number of nitrogens with two attached hydrogens (primary N) is 1. The molecule has 1 saturated carbocycles. The number of hydrogen-bond donors (Lipinski definition) is 5. The van der Waals surface area contributed by atoms with E-state index in [2.05, 4.69) is 26.4 Å². The average molecular weight is 933 g/mol. The number of unbranched alkanes of at least 4 members (excludes halogenated alkanes) is 6. The number of primary amides is 1. The van der Waals surface area contributed by atoms with Crippen LogP contribution in [0.1, 0.15) is 158 Å². The maximum Gasteiger partial charge on any atom is 0.435 e. The number of halogens is 3. The zero-order valence-electron chi connectivity index (χ0n) is 38.0. The number of ketones is 1. The third kappa shape index (κ3) is 11.8. The van der Waals surface area contributed by atoms with Gasteiger partial charge in [0.05, 0.1) is 22.5 Å². The smallest absolute Gasteiger partial charge is 0.435 e. The molecule has 7 rings (SSSR count). The highest BCUT2D eigenvalue weighted by molar-refractivity contribution is 6.06. The zero-order chi connectivity index (χ0) is 48.0. The number of carbonyl (C=O) groups is 7. The number of Topliss-reactive ketones (excluding diaryl/α,β-unsaturated/α-hetero) is 1. The van der Waals surface area contributed by atoms with Crippen molar-refractivity contribution in [2.75, 3.05) is 23.7 Å². The first-order chi connectivity index (χ1) is 31.9. The standard InChI is InChI=1S/C48H59F3N8O8/c1-47(2)24-37-42(38(60)25-47)43(48(49,50)51)57-59(37)29-16-19-32(44(52)64)35(23-29)55-28-14-17-30(18-15-28)67-41(63)26-54-39(61)13-8-6-4-3-5-7-9-22-53-34-12-10-11-31-33(34)27-58(46(31)66)36-20-21-40(62)56-45(36)65/h10-12,16,19,23,28,30,36,53,55H,3-9,13-15,17-18,20-22,24-27H2,1-2H3,(H2,52,64)(H,54,61)(H,56,62,65). The zero-order valence-corrected chi connectivity index (χ0v) is 38.0. The van der Waals surface area contributed by atoms with Crippen LogP contribution in [0.4, 0.5) is 24.5 Å². The Labute approximate surface area is 386 Å². The fourth-order valence-electron chi connectivity index (χ4n) is 9.66. The van der Waals surface area contributed by atoms with Gasteiger partial charge in [0.1, 0.15) is 18.7 Å². The van der Waals surface area contributed by atoms with Gasteiger partial charge in [-0.25, -0.2) is 4.68 Å². The molecule has 4 aliphatic rings. The molecule has 2 fully saturated rings. The normalized spacial score (nSPS) is 20.2. The molecular formula is C48H59F3N8O8. The number of hydrogen-bond acceptors (Lipinski definition) is 11. The molecule has 1 saturated heterocycles. The first-order valence-corrected chi connectivity index (χ1v) is 23.3. The van der Waals surface area contributed by atoms with Crippen LogP contribution in [0.25, 0.3) is 5.69 Å². The maximum absolute atomic E-state index is 14.1. The lowest BCUT2D eigenvalue weighted by Crippen LogP contribution is -2.52. The monoisotopic (exact) mass is 932 g/mol. The van der Waals surface area contributed by atoms with Crippen molar-refractivity contribution in [1.29, 1.82) is 0 Å². The molecule has 0 spiro atoms. The van der Waals surface area contributed by atoms with Crippen molar-refractivity contribution in [2.45, 2.75) is 147 Å². The van der Waals surface area contributed by atoms with Crippen molar-refractivity contribution in [1.82, 2.24) is 25.3 Å². The molecule has 3 heterocycles. The predicted octanol–water partition coefficient (Wildman–Crippen LogP) is 6.52. The number of fused-ring (bicyclic) bond motifs is 2. The Kier molecular flexibility index (Phi) is 15.0. The van der Waals surface area contributed by atoms with Gasteiger partial charge in [-0.15, -0.1) is 0 Å². The second-order valence-corrected chi connectivity index (χ2v) is 18.9. The second kappa shape index (κ2) is 20.7. The number of imide groups is 1. The minimum Gasteiger partial charge on any atom is -0.461 e. The molecule has 5 amide bonds. The van der Waals surface area contributed by atoms with Gasteiger partial charge in [-0.3, -0.25) is 38.9 Å². The van der Waals surface area contributed by atoms with Gasteiger partial charge in [0, 0.05) is 60.9 Å². The van der Waals surface area contributed by atoms with Crippen molar-refractivity contribution in [2.24, 2.45) is 11.1 Å². The molecule has 3 aromatic rings. The van der Waals surface area contributed by atoms with E-state index in [0.29, 0.717) is 62.7 Å². The highest BCUT2D eigenvalue weighted by atomic mass is 19.4. The fourth-order valence-corrected chi connectivity index (χ4v) is 9.66. The highest BCUT2D eigenvalue weighted by Gasteiger charge is 2.46. The molecule has 0 bridgehead atoms. The number of nitrogens with zero attached hydrogens (tertiary/aromatic N) is 3. The molecule has 2 aromatic carbocycles. The molecule has 6 N–H and O–H groups in total. The predicted molar refractivity (Wildman–Crippen MR) is 240 cm³/mol. The van der Waals surface area contributed by atoms with E-state index in [1.54, 1.807) is 11.0 Å². The summed E-state index contributed by atoms with van der Waals surface area (Å²) in [7, 11) is 0. The van der Waals surface area contributed by atoms with Crippen molar-refractivity contribution < 1.29 is 51.5 Å². The van der Waals surface area contributed by atoms with Crippen LogP contribution in [-0.2, 0) is 43.1 Å². The Bertz CT molecular complexity index is 2410. The van der Waals surface area contributed by atoms with E-state index in [4.69, 9.17) is 10.5 Å². The summed E-state index contributed by atoms with van der Waals surface area (Å²) in [6, 6.07) is 9.11. The first-order valence-electron chi connectivity index (χ1n) is 23.3. The van der Waals surface area contributed by atoms with Crippen LogP contribution in [-0.4, -0.2) is 87.2 Å². The third-order valence-corrected chi connectivity index (χ3v) is 13.1. The lowest BCUT2D eigenvalue weighted by molar-refractivity contribution is -0.150. The van der Waals surface area contributed by atoms with Crippen LogP contribution in [0.2, 0.25) is 0 Å². The van der Waals surface area contributed by atoms with Crippen LogP contribution in [0.15, 0.2) is 36.4 Å². The van der Waals surface area contributed by atoms with E-state index < -0.39 is 52.5 Å². The second-order valence-electron chi connectivity index (χ2n) is 18.9. The number of piperidine rings is 1. The molecule has 1 unspecified atom stereocenters. The molecule has 19 heteroatoms. The van der Waals surface area contributed by atoms with E-state index in [9.17, 15) is 46.7 Å². The lowest BCUT2D eigenvalue weighted by Gasteiger charge is -2.30. The van der Waals surface area contributed by atoms with Gasteiger partial charge >= 0.3 is 12.1 Å². The average Bonchev–Trinajstić information content (AvgIpc) is 3.82. The van der Waals surface area contributed by atoms with Crippen molar-refractivity contribution in [3.8, 4) is 5.69 Å². The molecule has 0 radical (unpaired) electrons. The van der Waals surface area contributed by atoms with Gasteiger partial charge in [0.2, 0.25) is 17.7 Å². The number of nitrogens with one attached hydrogen (secondary N) is 4. The molecule has 1 atom stereocenters. The molecule has 1 aromatic heterocycles. The number of esters is 1. The van der Waals surface area contributed by atoms with Gasteiger partial charge < -0.3 is 31.3 Å². The number of anilines is 2. The Balaban J connectivity index is 0.764. The molecule has 2 aliphatic heterocycles. The Morgan fingerprint density at radius 1 is 0.910 bits per heavy atom. The summed E-state index contributed by atoms with van der Waals surface area (Å²) in [4.78, 5) is 89.0. The molecule has 67 heavy (non-hydrogen) atoms. The molecule has 360 valence electrons. The number of amides is 5. The van der Waals surface area contributed by atoms with Gasteiger partial charge in [-0.05, 0) is 87.1 Å². The summed E-state index contributed by atoms with van der Waals surface area (Å²) in [5.74, 6) is -3.05. The molecule has 16 nitrogen and oxygen atoms in total. The minimum atomic E-state index is -4.84. The van der Waals surface area contributed by atoms with Crippen LogP contribution in [0.5, 0.6) is 0 Å². The fraction of sp³-hybridized carbons (Fsp3) is 0.542. The Hall–Kier alpha value is -6.27. The van der Waals surface area contributed by atoms with Crippen LogP contribution in [0.3, 0.4) is 0 Å². The topological polar surface area (TPSA) is 224 Å². The van der Waals surface area contributed by atoms with Gasteiger partial charge in [-0.2, -0.15) is 18.3 Å². The number of alkyl halides is 3. The number of rotatable bonds is 19. The molecular weight excluding hydrogens is 874 g/mol. The summed E-state index contributed by atoms with van der Waals surface area (Å²) in [5, 5.41) is 15.6. The van der Waals surface area contributed by atoms with Crippen LogP contribution >= 0.6 is 0 Å². The number of aromatic nitrogens is 2. The first kappa shape index (κ1) is 48.7. The van der Waals surface area contributed by atoms with Crippen LogP contribution in [0, 0.1) is 5.41 Å². The largest absolute Gasteiger partial charge is 0.461 e. The van der Waals surface area contributed by atoms with E-state index in [0.717, 1.165) is 61.0 Å². The highest BCUT2D eigenvalue weighted by Crippen LogP contribution is 2.42. The van der Waals surface area contributed by atoms with Gasteiger partial charge in [-0.1, -0.05) is 52.0 Å². The number of carbonyl (C=O) groups excluding carboxylic acids is 7. The third-order valence-electron chi connectivity index (χ3n) is 13.1. The summed E-state index contributed by atoms with van der Waals surface area (Å²) >= 11 is 0. The Morgan fingerprint density at radius 3 is 2.33 bits per heavy atom. The van der Waals surface area contributed by atoms with Crippen molar-refractivity contribution in [3.05, 3.63) is 70.0 Å². The van der Waals surface area contributed by atoms with E-state index in [-0.39, 0.29) is 72.6 Å². The lowest BCUT2D eigenvalue weighted by atomic mass is 9.75. The summed E-state index contributed by atoms with van der Waals surface area (Å²) in [6.45, 7) is 4.45. The molecule has 2 aliphatic carbocycles. The van der Waals surface area contributed by atoms with Gasteiger partial charge in [0.25, 0.3) is 11.8 Å². The maximum atomic E-state index is 14.1. The van der Waals surface area contributed by atoms with Crippen LogP contribution < -0.4 is 27.0 Å². The SMILES string of the molecule is CC1(C)CC(=O)c2c(C(F)(F)F)nn(-c3ccc(C(N)=O)c(NC4CCC(OC(=O)CNC(=O)CCCCCCCCCNc5cccc6c5CN(C5CCC(=O)NC5=O)C6=O)CC4)c3)c2C1. The van der Waals surface area contributed by atoms with E-state index in [1.165, 1.54) is 18.2 Å². The van der Waals surface area contributed by atoms with E-state index in [1.807, 2.05) is 26.0 Å². The summed E-state index contributed by atoms with van der Waals surface area (Å²) in [6.07, 6.45) is 4.47. The number of benzene rings is 2. The minimum absolute atomic E-state index is 0.0376. The van der Waals surface area contributed by atoms with Crippen molar-refractivity contribution >= 4 is 52.7 Å². The summed E-state index contributed by atoms with van der Waals surface area (Å²) in [5.41, 5.74) is 6.61. The number of ether oxygens (including phenoxy) is 1. The van der Waals surface area contributed by atoms with Gasteiger partial charge in [0.15, 0.2) is 11.5 Å². The Morgan fingerprint density at radius 2 is 1.63 bits per heavy atom. The van der Waals surface area contributed by atoms with Crippen molar-refractivity contribution in [3.63, 3.8) is 0 Å². The quantitative estimate of drug-likeness (QED) is 0.0494.